The maximum Gasteiger partial charge on any atom is 0.320 e. The lowest BCUT2D eigenvalue weighted by Gasteiger charge is -2.32. The van der Waals surface area contributed by atoms with E-state index in [1.807, 2.05) is 53.7 Å². The summed E-state index contributed by atoms with van der Waals surface area (Å²) in [5, 5.41) is 3.46. The Bertz CT molecular complexity index is 788. The van der Waals surface area contributed by atoms with Gasteiger partial charge in [0, 0.05) is 64.6 Å². The second-order valence-electron chi connectivity index (χ2n) is 11.8. The van der Waals surface area contributed by atoms with Gasteiger partial charge in [0.1, 0.15) is 11.2 Å². The molecule has 1 aliphatic rings. The van der Waals surface area contributed by atoms with Gasteiger partial charge in [-0.15, -0.1) is 0 Å². The van der Waals surface area contributed by atoms with Crippen LogP contribution >= 0.6 is 0 Å². The third kappa shape index (κ3) is 14.4. The molecule has 1 fully saturated rings. The molecule has 0 aliphatic carbocycles. The Morgan fingerprint density at radius 3 is 1.62 bits per heavy atom. The van der Waals surface area contributed by atoms with Crippen LogP contribution in [0.2, 0.25) is 0 Å². The number of hydrogen-bond donors (Lipinski definition) is 2. The molecule has 1 heterocycles. The summed E-state index contributed by atoms with van der Waals surface area (Å²) in [6.45, 7) is 18.9. The van der Waals surface area contributed by atoms with Crippen LogP contribution in [0.3, 0.4) is 0 Å². The molecule has 0 aromatic heterocycles. The van der Waals surface area contributed by atoms with Crippen LogP contribution < -0.4 is 11.1 Å². The van der Waals surface area contributed by atoms with E-state index < -0.39 is 11.2 Å². The fourth-order valence-corrected chi connectivity index (χ4v) is 4.12. The van der Waals surface area contributed by atoms with Gasteiger partial charge in [0.2, 0.25) is 0 Å². The number of carbonyl (C=O) groups excluding carboxylic acids is 2. The van der Waals surface area contributed by atoms with Crippen molar-refractivity contribution < 1.29 is 19.1 Å². The Morgan fingerprint density at radius 2 is 1.19 bits per heavy atom. The van der Waals surface area contributed by atoms with Gasteiger partial charge in [0.05, 0.1) is 13.1 Å². The largest absolute Gasteiger partial charge is 0.459 e. The molecular formula is C28H49N5O4. The topological polar surface area (TPSA) is 100 Å². The number of rotatable bonds is 7. The van der Waals surface area contributed by atoms with Crippen LogP contribution in [-0.2, 0) is 25.5 Å². The summed E-state index contributed by atoms with van der Waals surface area (Å²) in [6, 6.07) is 8.01. The quantitative estimate of drug-likeness (QED) is 0.414. The van der Waals surface area contributed by atoms with Crippen LogP contribution in [-0.4, -0.2) is 110 Å². The fraction of sp³-hybridized carbons (Fsp3) is 0.714. The minimum atomic E-state index is -0.495. The summed E-state index contributed by atoms with van der Waals surface area (Å²) in [5.41, 5.74) is 6.86. The van der Waals surface area contributed by atoms with Crippen molar-refractivity contribution in [2.24, 2.45) is 0 Å². The number of hydrogen-bond acceptors (Lipinski definition) is 9. The summed E-state index contributed by atoms with van der Waals surface area (Å²) in [4.78, 5) is 31.8. The van der Waals surface area contributed by atoms with E-state index in [2.05, 4.69) is 32.1 Å². The first-order chi connectivity index (χ1) is 17.3. The van der Waals surface area contributed by atoms with Crippen molar-refractivity contribution in [2.45, 2.75) is 59.2 Å². The number of ether oxygens (including phenoxy) is 2. The van der Waals surface area contributed by atoms with Crippen molar-refractivity contribution in [3.05, 3.63) is 29.8 Å². The molecule has 0 saturated carbocycles. The second-order valence-corrected chi connectivity index (χ2v) is 11.8. The summed E-state index contributed by atoms with van der Waals surface area (Å²) in [5.74, 6) is -0.395. The zero-order valence-electron chi connectivity index (χ0n) is 23.8. The van der Waals surface area contributed by atoms with Crippen molar-refractivity contribution in [3.63, 3.8) is 0 Å². The van der Waals surface area contributed by atoms with Gasteiger partial charge in [-0.05, 0) is 65.7 Å². The average molecular weight is 520 g/mol. The molecule has 9 nitrogen and oxygen atoms in total. The van der Waals surface area contributed by atoms with Crippen LogP contribution in [0, 0.1) is 0 Å². The lowest BCUT2D eigenvalue weighted by molar-refractivity contribution is -0.157. The molecule has 1 aromatic carbocycles. The molecule has 0 spiro atoms. The van der Waals surface area contributed by atoms with Gasteiger partial charge in [-0.25, -0.2) is 0 Å². The van der Waals surface area contributed by atoms with Crippen molar-refractivity contribution >= 4 is 17.6 Å². The van der Waals surface area contributed by atoms with Gasteiger partial charge in [-0.1, -0.05) is 12.1 Å². The minimum absolute atomic E-state index is 0.198. The highest BCUT2D eigenvalue weighted by atomic mass is 16.6. The van der Waals surface area contributed by atoms with E-state index in [1.165, 1.54) is 5.56 Å². The number of nitrogens with zero attached hydrogens (tertiary/aromatic N) is 3. The maximum absolute atomic E-state index is 12.5. The maximum atomic E-state index is 12.5. The van der Waals surface area contributed by atoms with Gasteiger partial charge in [0.25, 0.3) is 0 Å². The van der Waals surface area contributed by atoms with Gasteiger partial charge in [0.15, 0.2) is 0 Å². The Hall–Kier alpha value is -2.20. The Morgan fingerprint density at radius 1 is 0.757 bits per heavy atom. The van der Waals surface area contributed by atoms with Crippen molar-refractivity contribution in [3.8, 4) is 0 Å². The van der Waals surface area contributed by atoms with Crippen molar-refractivity contribution in [1.82, 2.24) is 20.0 Å². The molecule has 37 heavy (non-hydrogen) atoms. The zero-order valence-corrected chi connectivity index (χ0v) is 23.8. The molecule has 0 atom stereocenters. The normalized spacial score (nSPS) is 18.0. The molecule has 0 radical (unpaired) electrons. The van der Waals surface area contributed by atoms with Crippen LogP contribution in [0.1, 0.15) is 47.1 Å². The van der Waals surface area contributed by atoms with Crippen LogP contribution in [0.4, 0.5) is 5.69 Å². The highest BCUT2D eigenvalue weighted by Crippen LogP contribution is 2.10. The summed E-state index contributed by atoms with van der Waals surface area (Å²) < 4.78 is 11.1. The first-order valence-corrected chi connectivity index (χ1v) is 13.4. The monoisotopic (exact) mass is 519 g/mol. The van der Waals surface area contributed by atoms with E-state index in [0.29, 0.717) is 0 Å². The molecule has 0 bridgehead atoms. The molecule has 0 amide bonds. The number of nitrogens with two attached hydrogens (primary N) is 1. The van der Waals surface area contributed by atoms with Gasteiger partial charge in [-0.2, -0.15) is 0 Å². The van der Waals surface area contributed by atoms with E-state index in [1.54, 1.807) is 0 Å². The third-order valence-corrected chi connectivity index (χ3v) is 5.92. The van der Waals surface area contributed by atoms with E-state index in [4.69, 9.17) is 15.2 Å². The van der Waals surface area contributed by atoms with Crippen molar-refractivity contribution in [1.29, 1.82) is 0 Å². The van der Waals surface area contributed by atoms with Gasteiger partial charge < -0.3 is 25.4 Å². The number of anilines is 1. The third-order valence-electron chi connectivity index (χ3n) is 5.92. The Labute approximate surface area is 223 Å². The molecule has 1 saturated heterocycles. The number of nitrogen functional groups attached to an aromatic ring is 1. The lowest BCUT2D eigenvalue weighted by atomic mass is 10.1. The van der Waals surface area contributed by atoms with Crippen LogP contribution in [0.5, 0.6) is 0 Å². The molecule has 1 aliphatic heterocycles. The van der Waals surface area contributed by atoms with E-state index >= 15 is 0 Å². The smallest absolute Gasteiger partial charge is 0.320 e. The fourth-order valence-electron chi connectivity index (χ4n) is 4.12. The molecule has 9 heteroatoms. The summed E-state index contributed by atoms with van der Waals surface area (Å²) in [6.07, 6.45) is 0.903. The molecule has 1 aromatic rings. The first kappa shape index (κ1) is 31.0. The standard InChI is InChI=1S/C28H49N5O4/c1-27(2,3)36-25(34)21-32-15-12-30-13-16-33(22-26(35)37-28(4,5)6)20-18-31(17-19-32)14-11-23-7-9-24(29)10-8-23/h7-10,30H,11-22,29H2,1-6H3. The zero-order chi connectivity index (χ0) is 27.5. The molecule has 210 valence electrons. The number of benzene rings is 1. The predicted octanol–water partition coefficient (Wildman–Crippen LogP) is 2.00. The van der Waals surface area contributed by atoms with Gasteiger partial charge in [-0.3, -0.25) is 19.4 Å². The average Bonchev–Trinajstić information content (AvgIpc) is 2.75. The SMILES string of the molecule is CC(C)(C)OC(=O)CN1CCNCCN(CC(=O)OC(C)(C)C)CCN(CCc2ccc(N)cc2)CC1. The lowest BCUT2D eigenvalue weighted by Crippen LogP contribution is -2.47. The van der Waals surface area contributed by atoms with Crippen LogP contribution in [0.15, 0.2) is 24.3 Å². The minimum Gasteiger partial charge on any atom is -0.459 e. The van der Waals surface area contributed by atoms with Crippen molar-refractivity contribution in [2.75, 3.05) is 77.7 Å². The predicted molar refractivity (Wildman–Crippen MR) is 148 cm³/mol. The van der Waals surface area contributed by atoms with E-state index in [9.17, 15) is 9.59 Å². The summed E-state index contributed by atoms with van der Waals surface area (Å²) >= 11 is 0. The number of nitrogens with one attached hydrogen (secondary N) is 1. The molecule has 2 rings (SSSR count). The number of esters is 2. The Balaban J connectivity index is 2.05. The van der Waals surface area contributed by atoms with E-state index in [0.717, 1.165) is 71.0 Å². The first-order valence-electron chi connectivity index (χ1n) is 13.4. The van der Waals surface area contributed by atoms with E-state index in [-0.39, 0.29) is 25.0 Å². The second kappa shape index (κ2) is 14.7. The number of carbonyl (C=O) groups is 2. The highest BCUT2D eigenvalue weighted by Gasteiger charge is 2.22. The Kier molecular flexibility index (Phi) is 12.3. The van der Waals surface area contributed by atoms with Crippen LogP contribution in [0.25, 0.3) is 0 Å². The van der Waals surface area contributed by atoms with Gasteiger partial charge >= 0.3 is 11.9 Å². The molecule has 3 N–H and O–H groups in total. The highest BCUT2D eigenvalue weighted by molar-refractivity contribution is 5.72. The molecule has 0 unspecified atom stereocenters. The molecular weight excluding hydrogens is 470 g/mol. The summed E-state index contributed by atoms with van der Waals surface area (Å²) in [7, 11) is 0.